The number of hydrogen-bond acceptors (Lipinski definition) is 4. The maximum Gasteiger partial charge on any atom is 0.295 e. The zero-order valence-electron chi connectivity index (χ0n) is 10.8. The highest BCUT2D eigenvalue weighted by Crippen LogP contribution is 2.23. The maximum absolute atomic E-state index is 10.4. The van der Waals surface area contributed by atoms with Gasteiger partial charge in [0.15, 0.2) is 6.23 Å². The summed E-state index contributed by atoms with van der Waals surface area (Å²) in [7, 11) is 4.04. The second-order valence-electron chi connectivity index (χ2n) is 4.51. The number of fused-ring (bicyclic) bond motifs is 1. The summed E-state index contributed by atoms with van der Waals surface area (Å²) in [5.74, 6) is 0. The first-order valence-corrected chi connectivity index (χ1v) is 5.81. The number of rotatable bonds is 5. The van der Waals surface area contributed by atoms with Crippen LogP contribution in [0.3, 0.4) is 0 Å². The van der Waals surface area contributed by atoms with E-state index in [9.17, 15) is 4.79 Å². The molecule has 0 aliphatic rings. The molecule has 1 unspecified atom stereocenters. The molecule has 5 nitrogen and oxygen atoms in total. The molecule has 0 bridgehead atoms. The van der Waals surface area contributed by atoms with Crippen molar-refractivity contribution in [3.8, 4) is 0 Å². The van der Waals surface area contributed by atoms with Crippen LogP contribution in [0.4, 0.5) is 0 Å². The van der Waals surface area contributed by atoms with E-state index in [0.29, 0.717) is 6.47 Å². The Morgan fingerprint density at radius 2 is 2.33 bits per heavy atom. The van der Waals surface area contributed by atoms with E-state index in [1.165, 1.54) is 5.56 Å². The van der Waals surface area contributed by atoms with Gasteiger partial charge in [-0.1, -0.05) is 0 Å². The predicted octanol–water partition coefficient (Wildman–Crippen LogP) is 1.79. The van der Waals surface area contributed by atoms with Gasteiger partial charge in [0.05, 0.1) is 0 Å². The zero-order valence-corrected chi connectivity index (χ0v) is 10.8. The Morgan fingerprint density at radius 3 is 3.00 bits per heavy atom. The molecule has 18 heavy (non-hydrogen) atoms. The molecular formula is C13H17N3O2. The summed E-state index contributed by atoms with van der Waals surface area (Å²) in [5.41, 5.74) is 2.01. The summed E-state index contributed by atoms with van der Waals surface area (Å²) in [5, 5.41) is 1.09. The maximum atomic E-state index is 10.4. The standard InChI is InChI=1S/C13H17N3O2/c1-10(18-9-17)16-8-11(7-15(2)3)12-5-4-6-14-13(12)16/h4-6,8-10H,7H2,1-3H3. The van der Waals surface area contributed by atoms with Gasteiger partial charge in [0.2, 0.25) is 0 Å². The summed E-state index contributed by atoms with van der Waals surface area (Å²) in [6, 6.07) is 3.95. The zero-order chi connectivity index (χ0) is 13.1. The smallest absolute Gasteiger partial charge is 0.295 e. The summed E-state index contributed by atoms with van der Waals surface area (Å²) >= 11 is 0. The molecule has 0 radical (unpaired) electrons. The fourth-order valence-corrected chi connectivity index (χ4v) is 2.04. The van der Waals surface area contributed by atoms with Crippen LogP contribution >= 0.6 is 0 Å². The molecule has 2 rings (SSSR count). The number of carbonyl (C=O) groups is 1. The molecule has 0 aliphatic heterocycles. The molecular weight excluding hydrogens is 230 g/mol. The van der Waals surface area contributed by atoms with Crippen LogP contribution in [-0.2, 0) is 16.1 Å². The van der Waals surface area contributed by atoms with Crippen molar-refractivity contribution in [2.45, 2.75) is 19.7 Å². The van der Waals surface area contributed by atoms with Gasteiger partial charge >= 0.3 is 0 Å². The van der Waals surface area contributed by atoms with Crippen LogP contribution in [0.15, 0.2) is 24.5 Å². The lowest BCUT2D eigenvalue weighted by atomic mass is 10.2. The van der Waals surface area contributed by atoms with Gasteiger partial charge in [0, 0.05) is 24.3 Å². The first-order chi connectivity index (χ1) is 8.63. The van der Waals surface area contributed by atoms with E-state index < -0.39 is 0 Å². The Labute approximate surface area is 106 Å². The fourth-order valence-electron chi connectivity index (χ4n) is 2.04. The molecule has 96 valence electrons. The van der Waals surface area contributed by atoms with Gasteiger partial charge in [-0.05, 0) is 38.7 Å². The van der Waals surface area contributed by atoms with Gasteiger partial charge in [0.25, 0.3) is 6.47 Å². The van der Waals surface area contributed by atoms with Crippen molar-refractivity contribution >= 4 is 17.5 Å². The molecule has 0 saturated heterocycles. The first kappa shape index (κ1) is 12.6. The first-order valence-electron chi connectivity index (χ1n) is 5.81. The third-order valence-electron chi connectivity index (χ3n) is 2.80. The van der Waals surface area contributed by atoms with Gasteiger partial charge in [-0.3, -0.25) is 9.36 Å². The minimum atomic E-state index is -0.351. The Bertz CT molecular complexity index is 548. The lowest BCUT2D eigenvalue weighted by molar-refractivity contribution is -0.136. The van der Waals surface area contributed by atoms with Gasteiger partial charge in [-0.15, -0.1) is 0 Å². The SMILES string of the molecule is CC(OC=O)n1cc(CN(C)C)c2cccnc21. The lowest BCUT2D eigenvalue weighted by Gasteiger charge is -2.12. The average molecular weight is 247 g/mol. The lowest BCUT2D eigenvalue weighted by Crippen LogP contribution is -2.10. The third kappa shape index (κ3) is 2.36. The largest absolute Gasteiger partial charge is 0.444 e. The summed E-state index contributed by atoms with van der Waals surface area (Å²) in [6.07, 6.45) is 3.38. The Morgan fingerprint density at radius 1 is 1.56 bits per heavy atom. The molecule has 2 aromatic heterocycles. The van der Waals surface area contributed by atoms with E-state index in [1.54, 1.807) is 6.20 Å². The molecule has 0 spiro atoms. The fraction of sp³-hybridized carbons (Fsp3) is 0.385. The number of pyridine rings is 1. The van der Waals surface area contributed by atoms with Crippen LogP contribution in [0.25, 0.3) is 11.0 Å². The molecule has 2 aromatic rings. The summed E-state index contributed by atoms with van der Waals surface area (Å²) in [6.45, 7) is 3.11. The van der Waals surface area contributed by atoms with Crippen molar-refractivity contribution in [2.24, 2.45) is 0 Å². The van der Waals surface area contributed by atoms with E-state index in [4.69, 9.17) is 4.74 Å². The molecule has 0 fully saturated rings. The monoisotopic (exact) mass is 247 g/mol. The Kier molecular flexibility index (Phi) is 3.62. The molecule has 0 aromatic carbocycles. The number of carbonyl (C=O) groups excluding carboxylic acids is 1. The van der Waals surface area contributed by atoms with Crippen molar-refractivity contribution in [1.29, 1.82) is 0 Å². The number of hydrogen-bond donors (Lipinski definition) is 0. The molecule has 1 atom stereocenters. The number of ether oxygens (including phenoxy) is 1. The normalized spacial score (nSPS) is 12.9. The van der Waals surface area contributed by atoms with E-state index in [1.807, 2.05) is 43.9 Å². The van der Waals surface area contributed by atoms with Crippen molar-refractivity contribution in [3.05, 3.63) is 30.1 Å². The quantitative estimate of drug-likeness (QED) is 0.756. The van der Waals surface area contributed by atoms with E-state index >= 15 is 0 Å². The van der Waals surface area contributed by atoms with Gasteiger partial charge in [0.1, 0.15) is 5.65 Å². The average Bonchev–Trinajstić information content (AvgIpc) is 2.68. The highest BCUT2D eigenvalue weighted by atomic mass is 16.5. The second-order valence-corrected chi connectivity index (χ2v) is 4.51. The van der Waals surface area contributed by atoms with Crippen molar-refractivity contribution in [2.75, 3.05) is 14.1 Å². The van der Waals surface area contributed by atoms with Crippen molar-refractivity contribution in [3.63, 3.8) is 0 Å². The van der Waals surface area contributed by atoms with E-state index in [0.717, 1.165) is 17.6 Å². The van der Waals surface area contributed by atoms with Gasteiger partial charge in [-0.2, -0.15) is 0 Å². The number of nitrogens with zero attached hydrogens (tertiary/aromatic N) is 3. The predicted molar refractivity (Wildman–Crippen MR) is 69.0 cm³/mol. The number of aromatic nitrogens is 2. The van der Waals surface area contributed by atoms with E-state index in [-0.39, 0.29) is 6.23 Å². The molecule has 0 aliphatic carbocycles. The van der Waals surface area contributed by atoms with Crippen LogP contribution in [-0.4, -0.2) is 35.0 Å². The summed E-state index contributed by atoms with van der Waals surface area (Å²) < 4.78 is 6.86. The minimum absolute atomic E-state index is 0.351. The third-order valence-corrected chi connectivity index (χ3v) is 2.80. The highest BCUT2D eigenvalue weighted by Gasteiger charge is 2.14. The molecule has 0 saturated carbocycles. The van der Waals surface area contributed by atoms with E-state index in [2.05, 4.69) is 9.88 Å². The van der Waals surface area contributed by atoms with Crippen molar-refractivity contribution < 1.29 is 9.53 Å². The second kappa shape index (κ2) is 5.18. The van der Waals surface area contributed by atoms with Crippen molar-refractivity contribution in [1.82, 2.24) is 14.5 Å². The van der Waals surface area contributed by atoms with Crippen LogP contribution in [0.2, 0.25) is 0 Å². The molecule has 0 amide bonds. The summed E-state index contributed by atoms with van der Waals surface area (Å²) in [4.78, 5) is 16.9. The Hall–Kier alpha value is -1.88. The molecule has 2 heterocycles. The Balaban J connectivity index is 2.50. The molecule has 0 N–H and O–H groups in total. The topological polar surface area (TPSA) is 47.4 Å². The minimum Gasteiger partial charge on any atom is -0.444 e. The van der Waals surface area contributed by atoms with Gasteiger partial charge < -0.3 is 9.64 Å². The highest BCUT2D eigenvalue weighted by molar-refractivity contribution is 5.80. The molecule has 5 heteroatoms. The van der Waals surface area contributed by atoms with Gasteiger partial charge in [-0.25, -0.2) is 4.98 Å². The van der Waals surface area contributed by atoms with Crippen LogP contribution in [0.5, 0.6) is 0 Å². The van der Waals surface area contributed by atoms with Crippen LogP contribution in [0, 0.1) is 0 Å². The van der Waals surface area contributed by atoms with Crippen LogP contribution in [0.1, 0.15) is 18.7 Å². The van der Waals surface area contributed by atoms with Crippen LogP contribution < -0.4 is 0 Å².